The van der Waals surface area contributed by atoms with Crippen molar-refractivity contribution in [2.45, 2.75) is 14.7 Å². The first kappa shape index (κ1) is 14.9. The lowest BCUT2D eigenvalue weighted by molar-refractivity contribution is 0.475. The first-order chi connectivity index (χ1) is 9.41. The zero-order valence-corrected chi connectivity index (χ0v) is 12.8. The highest BCUT2D eigenvalue weighted by Crippen LogP contribution is 2.34. The number of hydrogen-bond acceptors (Lipinski definition) is 4. The molecule has 0 aliphatic rings. The predicted molar refractivity (Wildman–Crippen MR) is 79.5 cm³/mol. The van der Waals surface area contributed by atoms with Crippen LogP contribution in [0.25, 0.3) is 0 Å². The first-order valence-corrected chi connectivity index (χ1v) is 8.15. The third kappa shape index (κ3) is 3.15. The molecule has 0 radical (unpaired) electrons. The Morgan fingerprint density at radius 3 is 2.20 bits per heavy atom. The summed E-state index contributed by atoms with van der Waals surface area (Å²) in [6.45, 7) is 0. The molecule has 0 fully saturated rings. The second-order valence-electron chi connectivity index (χ2n) is 4.33. The van der Waals surface area contributed by atoms with Crippen LogP contribution >= 0.6 is 11.8 Å². The van der Waals surface area contributed by atoms with Crippen molar-refractivity contribution in [3.63, 3.8) is 0 Å². The Morgan fingerprint density at radius 1 is 1.00 bits per heavy atom. The normalized spacial score (nSPS) is 11.8. The third-order valence-electron chi connectivity index (χ3n) is 2.67. The van der Waals surface area contributed by atoms with Crippen LogP contribution in [0.5, 0.6) is 5.75 Å². The van der Waals surface area contributed by atoms with Gasteiger partial charge in [0.15, 0.2) is 0 Å². The lowest BCUT2D eigenvalue weighted by Crippen LogP contribution is -2.22. The molecule has 0 bridgehead atoms. The van der Waals surface area contributed by atoms with Crippen molar-refractivity contribution < 1.29 is 13.5 Å². The van der Waals surface area contributed by atoms with E-state index in [1.165, 1.54) is 30.2 Å². The minimum absolute atomic E-state index is 0.184. The van der Waals surface area contributed by atoms with E-state index in [9.17, 15) is 13.5 Å². The Bertz CT molecular complexity index is 695. The monoisotopic (exact) mass is 309 g/mol. The Morgan fingerprint density at radius 2 is 1.60 bits per heavy atom. The zero-order valence-electron chi connectivity index (χ0n) is 11.1. The topological polar surface area (TPSA) is 57.6 Å². The van der Waals surface area contributed by atoms with Gasteiger partial charge in [-0.05, 0) is 36.4 Å². The largest absolute Gasteiger partial charge is 0.508 e. The van der Waals surface area contributed by atoms with Gasteiger partial charge in [-0.2, -0.15) is 0 Å². The molecule has 0 spiro atoms. The van der Waals surface area contributed by atoms with Gasteiger partial charge in [-0.1, -0.05) is 23.9 Å². The standard InChI is InChI=1S/C14H15NO3S2/c1-15(2)20(17,18)14-6-4-3-5-13(14)19-12-9-7-11(16)8-10-12/h3-10,16H,1-2H3. The molecule has 0 aliphatic carbocycles. The maximum Gasteiger partial charge on any atom is 0.243 e. The third-order valence-corrected chi connectivity index (χ3v) is 5.76. The molecule has 0 aromatic heterocycles. The van der Waals surface area contributed by atoms with Gasteiger partial charge in [0, 0.05) is 23.9 Å². The van der Waals surface area contributed by atoms with Crippen LogP contribution in [0.4, 0.5) is 0 Å². The van der Waals surface area contributed by atoms with Crippen molar-refractivity contribution in [3.05, 3.63) is 48.5 Å². The average Bonchev–Trinajstić information content (AvgIpc) is 2.41. The number of nitrogens with zero attached hydrogens (tertiary/aromatic N) is 1. The summed E-state index contributed by atoms with van der Waals surface area (Å²) in [6, 6.07) is 13.5. The fourth-order valence-corrected chi connectivity index (χ4v) is 3.83. The number of rotatable bonds is 4. The van der Waals surface area contributed by atoms with Crippen LogP contribution in [0.2, 0.25) is 0 Å². The summed E-state index contributed by atoms with van der Waals surface area (Å²) in [5.41, 5.74) is 0. The average molecular weight is 309 g/mol. The van der Waals surface area contributed by atoms with E-state index in [4.69, 9.17) is 0 Å². The van der Waals surface area contributed by atoms with Crippen molar-refractivity contribution in [2.24, 2.45) is 0 Å². The Hall–Kier alpha value is -1.50. The maximum absolute atomic E-state index is 12.3. The van der Waals surface area contributed by atoms with Crippen molar-refractivity contribution in [2.75, 3.05) is 14.1 Å². The lowest BCUT2D eigenvalue weighted by Gasteiger charge is -2.14. The summed E-state index contributed by atoms with van der Waals surface area (Å²) in [5.74, 6) is 0.184. The summed E-state index contributed by atoms with van der Waals surface area (Å²) >= 11 is 1.35. The zero-order chi connectivity index (χ0) is 14.8. The highest BCUT2D eigenvalue weighted by molar-refractivity contribution is 8.00. The molecule has 2 aromatic carbocycles. The van der Waals surface area contributed by atoms with Crippen LogP contribution < -0.4 is 0 Å². The molecule has 0 atom stereocenters. The van der Waals surface area contributed by atoms with Gasteiger partial charge in [-0.3, -0.25) is 0 Å². The van der Waals surface area contributed by atoms with Crippen molar-refractivity contribution in [3.8, 4) is 5.75 Å². The second-order valence-corrected chi connectivity index (χ2v) is 7.57. The van der Waals surface area contributed by atoms with Crippen LogP contribution in [0.1, 0.15) is 0 Å². The minimum atomic E-state index is -3.47. The van der Waals surface area contributed by atoms with E-state index in [-0.39, 0.29) is 10.6 Å². The molecular formula is C14H15NO3S2. The van der Waals surface area contributed by atoms with Gasteiger partial charge in [0.1, 0.15) is 5.75 Å². The molecular weight excluding hydrogens is 294 g/mol. The van der Waals surface area contributed by atoms with Gasteiger partial charge in [0.25, 0.3) is 0 Å². The van der Waals surface area contributed by atoms with E-state index in [0.29, 0.717) is 4.90 Å². The van der Waals surface area contributed by atoms with Crippen LogP contribution in [-0.2, 0) is 10.0 Å². The molecule has 0 saturated heterocycles. The highest BCUT2D eigenvalue weighted by atomic mass is 32.2. The summed E-state index contributed by atoms with van der Waals surface area (Å²) < 4.78 is 25.7. The van der Waals surface area contributed by atoms with E-state index in [1.54, 1.807) is 48.5 Å². The molecule has 2 aromatic rings. The van der Waals surface area contributed by atoms with Crippen LogP contribution in [0, 0.1) is 0 Å². The minimum Gasteiger partial charge on any atom is -0.508 e. The van der Waals surface area contributed by atoms with Gasteiger partial charge < -0.3 is 5.11 Å². The molecule has 2 rings (SSSR count). The van der Waals surface area contributed by atoms with Crippen molar-refractivity contribution in [1.29, 1.82) is 0 Å². The molecule has 0 heterocycles. The molecule has 6 heteroatoms. The number of hydrogen-bond donors (Lipinski definition) is 1. The molecule has 106 valence electrons. The molecule has 4 nitrogen and oxygen atoms in total. The molecule has 0 unspecified atom stereocenters. The second kappa shape index (κ2) is 5.87. The number of phenols is 1. The van der Waals surface area contributed by atoms with Crippen molar-refractivity contribution in [1.82, 2.24) is 4.31 Å². The van der Waals surface area contributed by atoms with Gasteiger partial charge in [-0.15, -0.1) is 0 Å². The first-order valence-electron chi connectivity index (χ1n) is 5.90. The quantitative estimate of drug-likeness (QED) is 0.943. The van der Waals surface area contributed by atoms with E-state index in [0.717, 1.165) is 4.90 Å². The maximum atomic E-state index is 12.3. The SMILES string of the molecule is CN(C)S(=O)(=O)c1ccccc1Sc1ccc(O)cc1. The fourth-order valence-electron chi connectivity index (χ4n) is 1.59. The van der Waals surface area contributed by atoms with E-state index >= 15 is 0 Å². The fraction of sp³-hybridized carbons (Fsp3) is 0.143. The number of sulfonamides is 1. The molecule has 20 heavy (non-hydrogen) atoms. The summed E-state index contributed by atoms with van der Waals surface area (Å²) in [6.07, 6.45) is 0. The van der Waals surface area contributed by atoms with Crippen LogP contribution in [-0.4, -0.2) is 31.9 Å². The van der Waals surface area contributed by atoms with Crippen molar-refractivity contribution >= 4 is 21.8 Å². The summed E-state index contributed by atoms with van der Waals surface area (Å²) in [4.78, 5) is 1.80. The number of benzene rings is 2. The van der Waals surface area contributed by atoms with Gasteiger partial charge >= 0.3 is 0 Å². The smallest absolute Gasteiger partial charge is 0.243 e. The summed E-state index contributed by atoms with van der Waals surface area (Å²) in [5, 5.41) is 9.27. The van der Waals surface area contributed by atoms with E-state index in [2.05, 4.69) is 0 Å². The predicted octanol–water partition coefficient (Wildman–Crippen LogP) is 2.79. The van der Waals surface area contributed by atoms with Crippen LogP contribution in [0.3, 0.4) is 0 Å². The highest BCUT2D eigenvalue weighted by Gasteiger charge is 2.21. The Balaban J connectivity index is 2.41. The Kier molecular flexibility index (Phi) is 4.37. The van der Waals surface area contributed by atoms with E-state index < -0.39 is 10.0 Å². The van der Waals surface area contributed by atoms with Gasteiger partial charge in [0.2, 0.25) is 10.0 Å². The molecule has 0 saturated carbocycles. The molecule has 0 aliphatic heterocycles. The molecule has 1 N–H and O–H groups in total. The molecule has 0 amide bonds. The number of phenolic OH excluding ortho intramolecular Hbond substituents is 1. The number of aromatic hydroxyl groups is 1. The van der Waals surface area contributed by atoms with Gasteiger partial charge in [0.05, 0.1) is 4.90 Å². The lowest BCUT2D eigenvalue weighted by atomic mass is 10.3. The Labute approximate surface area is 123 Å². The van der Waals surface area contributed by atoms with Crippen LogP contribution in [0.15, 0.2) is 63.2 Å². The van der Waals surface area contributed by atoms with Gasteiger partial charge in [-0.25, -0.2) is 12.7 Å². The van der Waals surface area contributed by atoms with E-state index in [1.807, 2.05) is 0 Å². The summed E-state index contributed by atoms with van der Waals surface area (Å²) in [7, 11) is -0.450.